The predicted octanol–water partition coefficient (Wildman–Crippen LogP) is 0.908. The molecule has 1 atom stereocenters. The summed E-state index contributed by atoms with van der Waals surface area (Å²) in [5.41, 5.74) is 10.7. The number of anilines is 1. The monoisotopic (exact) mass is 212 g/mol. The standard InChI is InChI=1S/C10H13FN2O2/c1-6(10(13)14)5-15-9-3-2-7(12)4-8(9)11/h2-4,6H,5,12H2,1H3,(H2,13,14). The van der Waals surface area contributed by atoms with Gasteiger partial charge < -0.3 is 16.2 Å². The number of primary amides is 1. The maximum atomic E-state index is 13.2. The quantitative estimate of drug-likeness (QED) is 0.728. The zero-order valence-electron chi connectivity index (χ0n) is 8.37. The molecule has 5 heteroatoms. The van der Waals surface area contributed by atoms with Crippen molar-refractivity contribution in [3.63, 3.8) is 0 Å². The van der Waals surface area contributed by atoms with Crippen molar-refractivity contribution in [2.75, 3.05) is 12.3 Å². The lowest BCUT2D eigenvalue weighted by molar-refractivity contribution is -0.122. The molecule has 0 radical (unpaired) electrons. The molecule has 0 saturated carbocycles. The van der Waals surface area contributed by atoms with Gasteiger partial charge in [-0.1, -0.05) is 6.92 Å². The lowest BCUT2D eigenvalue weighted by Crippen LogP contribution is -2.25. The van der Waals surface area contributed by atoms with E-state index in [4.69, 9.17) is 16.2 Å². The Morgan fingerprint density at radius 1 is 1.60 bits per heavy atom. The Morgan fingerprint density at radius 3 is 2.80 bits per heavy atom. The first-order valence-corrected chi connectivity index (χ1v) is 4.48. The van der Waals surface area contributed by atoms with Crippen molar-refractivity contribution in [3.05, 3.63) is 24.0 Å². The van der Waals surface area contributed by atoms with Gasteiger partial charge in [0.2, 0.25) is 5.91 Å². The Bertz CT molecular complexity index is 368. The van der Waals surface area contributed by atoms with Crippen LogP contribution in [0.1, 0.15) is 6.92 Å². The van der Waals surface area contributed by atoms with Gasteiger partial charge in [-0.05, 0) is 12.1 Å². The fourth-order valence-corrected chi connectivity index (χ4v) is 0.931. The van der Waals surface area contributed by atoms with Gasteiger partial charge in [0.15, 0.2) is 11.6 Å². The van der Waals surface area contributed by atoms with Crippen LogP contribution in [0.2, 0.25) is 0 Å². The van der Waals surface area contributed by atoms with Crippen molar-refractivity contribution in [1.82, 2.24) is 0 Å². The van der Waals surface area contributed by atoms with Gasteiger partial charge in [-0.2, -0.15) is 0 Å². The third kappa shape index (κ3) is 3.12. The fourth-order valence-electron chi connectivity index (χ4n) is 0.931. The van der Waals surface area contributed by atoms with Crippen LogP contribution in [0.5, 0.6) is 5.75 Å². The number of carbonyl (C=O) groups is 1. The van der Waals surface area contributed by atoms with Crippen LogP contribution in [-0.4, -0.2) is 12.5 Å². The van der Waals surface area contributed by atoms with E-state index in [9.17, 15) is 9.18 Å². The average molecular weight is 212 g/mol. The molecule has 1 amide bonds. The van der Waals surface area contributed by atoms with Gasteiger partial charge in [0, 0.05) is 11.8 Å². The van der Waals surface area contributed by atoms with Crippen LogP contribution in [0.4, 0.5) is 10.1 Å². The van der Waals surface area contributed by atoms with Gasteiger partial charge in [-0.3, -0.25) is 4.79 Å². The van der Waals surface area contributed by atoms with Gasteiger partial charge in [0.1, 0.15) is 0 Å². The highest BCUT2D eigenvalue weighted by Gasteiger charge is 2.11. The van der Waals surface area contributed by atoms with E-state index in [0.29, 0.717) is 5.69 Å². The van der Waals surface area contributed by atoms with E-state index in [0.717, 1.165) is 6.07 Å². The first-order chi connectivity index (χ1) is 7.00. The molecule has 4 N–H and O–H groups in total. The smallest absolute Gasteiger partial charge is 0.223 e. The number of rotatable bonds is 4. The summed E-state index contributed by atoms with van der Waals surface area (Å²) < 4.78 is 18.3. The summed E-state index contributed by atoms with van der Waals surface area (Å²) in [5.74, 6) is -1.42. The summed E-state index contributed by atoms with van der Waals surface area (Å²) in [4.78, 5) is 10.7. The molecule has 15 heavy (non-hydrogen) atoms. The highest BCUT2D eigenvalue weighted by molar-refractivity contribution is 5.76. The topological polar surface area (TPSA) is 78.3 Å². The molecule has 0 bridgehead atoms. The number of hydrogen-bond donors (Lipinski definition) is 2. The first kappa shape index (κ1) is 11.3. The molecule has 0 aliphatic heterocycles. The Kier molecular flexibility index (Phi) is 3.49. The largest absolute Gasteiger partial charge is 0.490 e. The van der Waals surface area contributed by atoms with E-state index in [-0.39, 0.29) is 12.4 Å². The molecule has 0 spiro atoms. The Morgan fingerprint density at radius 2 is 2.27 bits per heavy atom. The number of nitrogen functional groups attached to an aromatic ring is 1. The third-order valence-electron chi connectivity index (χ3n) is 1.93. The second-order valence-corrected chi connectivity index (χ2v) is 3.30. The average Bonchev–Trinajstić information content (AvgIpc) is 2.15. The minimum absolute atomic E-state index is 0.0518. The number of nitrogens with two attached hydrogens (primary N) is 2. The van der Waals surface area contributed by atoms with Crippen LogP contribution in [0.25, 0.3) is 0 Å². The molecule has 0 aromatic heterocycles. The number of halogens is 1. The van der Waals surface area contributed by atoms with Crippen molar-refractivity contribution < 1.29 is 13.9 Å². The van der Waals surface area contributed by atoms with Crippen molar-refractivity contribution >= 4 is 11.6 Å². The number of benzene rings is 1. The molecule has 1 aromatic carbocycles. The molecule has 82 valence electrons. The highest BCUT2D eigenvalue weighted by atomic mass is 19.1. The molecular formula is C10H13FN2O2. The minimum atomic E-state index is -0.549. The van der Waals surface area contributed by atoms with Crippen LogP contribution >= 0.6 is 0 Å². The second-order valence-electron chi connectivity index (χ2n) is 3.30. The van der Waals surface area contributed by atoms with Gasteiger partial charge in [0.05, 0.1) is 12.5 Å². The van der Waals surface area contributed by atoms with E-state index >= 15 is 0 Å². The summed E-state index contributed by atoms with van der Waals surface area (Å²) in [6, 6.07) is 4.09. The van der Waals surface area contributed by atoms with Crippen LogP contribution in [0, 0.1) is 11.7 Å². The molecule has 0 aliphatic rings. The van der Waals surface area contributed by atoms with Crippen LogP contribution in [-0.2, 0) is 4.79 Å². The minimum Gasteiger partial charge on any atom is -0.490 e. The summed E-state index contributed by atoms with van der Waals surface area (Å²) in [6.07, 6.45) is 0. The summed E-state index contributed by atoms with van der Waals surface area (Å²) >= 11 is 0. The third-order valence-corrected chi connectivity index (χ3v) is 1.93. The van der Waals surface area contributed by atoms with E-state index < -0.39 is 17.6 Å². The van der Waals surface area contributed by atoms with Gasteiger partial charge in [-0.25, -0.2) is 4.39 Å². The molecule has 0 saturated heterocycles. The lowest BCUT2D eigenvalue weighted by Gasteiger charge is -2.10. The summed E-state index contributed by atoms with van der Waals surface area (Å²) in [7, 11) is 0. The van der Waals surface area contributed by atoms with Crippen LogP contribution < -0.4 is 16.2 Å². The number of hydrogen-bond acceptors (Lipinski definition) is 3. The lowest BCUT2D eigenvalue weighted by atomic mass is 10.2. The van der Waals surface area contributed by atoms with Gasteiger partial charge in [0.25, 0.3) is 0 Å². The number of carbonyl (C=O) groups excluding carboxylic acids is 1. The number of amides is 1. The molecule has 0 heterocycles. The molecular weight excluding hydrogens is 199 g/mol. The predicted molar refractivity (Wildman–Crippen MR) is 54.7 cm³/mol. The van der Waals surface area contributed by atoms with Gasteiger partial charge in [-0.15, -0.1) is 0 Å². The molecule has 1 rings (SSSR count). The van der Waals surface area contributed by atoms with E-state index in [2.05, 4.69) is 0 Å². The molecule has 4 nitrogen and oxygen atoms in total. The van der Waals surface area contributed by atoms with E-state index in [1.54, 1.807) is 6.92 Å². The fraction of sp³-hybridized carbons (Fsp3) is 0.300. The molecule has 1 unspecified atom stereocenters. The first-order valence-electron chi connectivity index (χ1n) is 4.48. The van der Waals surface area contributed by atoms with Crippen LogP contribution in [0.15, 0.2) is 18.2 Å². The Hall–Kier alpha value is -1.78. The van der Waals surface area contributed by atoms with Crippen molar-refractivity contribution in [1.29, 1.82) is 0 Å². The normalized spacial score (nSPS) is 12.1. The van der Waals surface area contributed by atoms with Crippen LogP contribution in [0.3, 0.4) is 0 Å². The zero-order chi connectivity index (χ0) is 11.4. The van der Waals surface area contributed by atoms with E-state index in [1.807, 2.05) is 0 Å². The SMILES string of the molecule is CC(COc1ccc(N)cc1F)C(N)=O. The molecule has 0 fully saturated rings. The number of ether oxygens (including phenoxy) is 1. The van der Waals surface area contributed by atoms with Crippen molar-refractivity contribution in [3.8, 4) is 5.75 Å². The summed E-state index contributed by atoms with van der Waals surface area (Å²) in [5, 5.41) is 0. The highest BCUT2D eigenvalue weighted by Crippen LogP contribution is 2.19. The van der Waals surface area contributed by atoms with Crippen molar-refractivity contribution in [2.24, 2.45) is 11.7 Å². The Balaban J connectivity index is 2.62. The zero-order valence-corrected chi connectivity index (χ0v) is 8.37. The van der Waals surface area contributed by atoms with Gasteiger partial charge >= 0.3 is 0 Å². The molecule has 1 aromatic rings. The second kappa shape index (κ2) is 4.63. The van der Waals surface area contributed by atoms with Crippen molar-refractivity contribution in [2.45, 2.75) is 6.92 Å². The van der Waals surface area contributed by atoms with E-state index in [1.165, 1.54) is 12.1 Å². The summed E-state index contributed by atoms with van der Waals surface area (Å²) in [6.45, 7) is 1.66. The molecule has 0 aliphatic carbocycles. The Labute approximate surface area is 87.0 Å². The maximum Gasteiger partial charge on any atom is 0.223 e. The maximum absolute atomic E-state index is 13.2.